The summed E-state index contributed by atoms with van der Waals surface area (Å²) >= 11 is 0. The van der Waals surface area contributed by atoms with E-state index in [4.69, 9.17) is 9.47 Å². The fourth-order valence-corrected chi connectivity index (χ4v) is 1.88. The Hall–Kier alpha value is -2.29. The lowest BCUT2D eigenvalue weighted by atomic mass is 10.0. The first kappa shape index (κ1) is 13.1. The van der Waals surface area contributed by atoms with E-state index >= 15 is 0 Å². The van der Waals surface area contributed by atoms with Crippen LogP contribution in [0.5, 0.6) is 11.5 Å². The minimum absolute atomic E-state index is 0.0795. The van der Waals surface area contributed by atoms with Crippen molar-refractivity contribution in [2.75, 3.05) is 14.2 Å². The van der Waals surface area contributed by atoms with Crippen molar-refractivity contribution >= 4 is 5.78 Å². The Kier molecular flexibility index (Phi) is 4.18. The molecule has 0 saturated carbocycles. The van der Waals surface area contributed by atoms with Gasteiger partial charge in [0.05, 0.1) is 14.2 Å². The van der Waals surface area contributed by atoms with E-state index < -0.39 is 0 Å². The number of ether oxygens (including phenoxy) is 2. The molecule has 0 bridgehead atoms. The molecule has 0 radical (unpaired) electrons. The average molecular weight is 256 g/mol. The maximum Gasteiger partial charge on any atom is 0.167 e. The fourth-order valence-electron chi connectivity index (χ4n) is 1.88. The van der Waals surface area contributed by atoms with Gasteiger partial charge in [0.1, 0.15) is 11.5 Å². The van der Waals surface area contributed by atoms with Crippen molar-refractivity contribution in [1.82, 2.24) is 0 Å². The van der Waals surface area contributed by atoms with Crippen LogP contribution < -0.4 is 9.47 Å². The van der Waals surface area contributed by atoms with E-state index in [9.17, 15) is 4.79 Å². The average Bonchev–Trinajstić information content (AvgIpc) is 2.47. The molecule has 0 aliphatic heterocycles. The van der Waals surface area contributed by atoms with Gasteiger partial charge in [0, 0.05) is 18.1 Å². The van der Waals surface area contributed by atoms with Gasteiger partial charge in [-0.25, -0.2) is 0 Å². The third-order valence-electron chi connectivity index (χ3n) is 2.87. The van der Waals surface area contributed by atoms with Crippen LogP contribution >= 0.6 is 0 Å². The van der Waals surface area contributed by atoms with Gasteiger partial charge in [0.25, 0.3) is 0 Å². The number of ketones is 1. The van der Waals surface area contributed by atoms with Gasteiger partial charge in [-0.15, -0.1) is 0 Å². The number of Topliss-reactive ketones (excluding diaryl/α,β-unsaturated/α-hetero) is 1. The molecule has 0 spiro atoms. The summed E-state index contributed by atoms with van der Waals surface area (Å²) in [6, 6.07) is 14.7. The maximum atomic E-state index is 12.1. The first-order valence-corrected chi connectivity index (χ1v) is 6.03. The van der Waals surface area contributed by atoms with Crippen LogP contribution in [-0.2, 0) is 6.42 Å². The summed E-state index contributed by atoms with van der Waals surface area (Å²) in [5.74, 6) is 1.46. The highest BCUT2D eigenvalue weighted by atomic mass is 16.5. The van der Waals surface area contributed by atoms with Crippen LogP contribution in [0.3, 0.4) is 0 Å². The Morgan fingerprint density at radius 1 is 0.947 bits per heavy atom. The summed E-state index contributed by atoms with van der Waals surface area (Å²) in [6.07, 6.45) is 0.331. The minimum Gasteiger partial charge on any atom is -0.497 e. The molecule has 2 aromatic rings. The molecule has 0 amide bonds. The van der Waals surface area contributed by atoms with Gasteiger partial charge in [0.2, 0.25) is 0 Å². The van der Waals surface area contributed by atoms with Crippen molar-refractivity contribution in [2.24, 2.45) is 0 Å². The number of rotatable bonds is 5. The highest BCUT2D eigenvalue weighted by Crippen LogP contribution is 2.23. The second-order valence-corrected chi connectivity index (χ2v) is 4.19. The predicted molar refractivity (Wildman–Crippen MR) is 74.0 cm³/mol. The molecule has 0 atom stereocenters. The fraction of sp³-hybridized carbons (Fsp3) is 0.188. The second-order valence-electron chi connectivity index (χ2n) is 4.19. The second kappa shape index (κ2) is 6.05. The molecule has 0 N–H and O–H groups in total. The maximum absolute atomic E-state index is 12.1. The van der Waals surface area contributed by atoms with Crippen LogP contribution in [0.2, 0.25) is 0 Å². The van der Waals surface area contributed by atoms with Gasteiger partial charge >= 0.3 is 0 Å². The molecule has 0 saturated heterocycles. The van der Waals surface area contributed by atoms with Gasteiger partial charge in [0.15, 0.2) is 5.78 Å². The molecule has 0 heterocycles. The molecule has 3 heteroatoms. The molecular formula is C16H16O3. The van der Waals surface area contributed by atoms with Crippen LogP contribution in [0.15, 0.2) is 48.5 Å². The molecule has 2 rings (SSSR count). The molecule has 0 aromatic heterocycles. The monoisotopic (exact) mass is 256 g/mol. The van der Waals surface area contributed by atoms with E-state index in [1.165, 1.54) is 0 Å². The van der Waals surface area contributed by atoms with Crippen molar-refractivity contribution in [2.45, 2.75) is 6.42 Å². The lowest BCUT2D eigenvalue weighted by Gasteiger charge is -2.08. The minimum atomic E-state index is 0.0795. The Morgan fingerprint density at radius 2 is 1.53 bits per heavy atom. The lowest BCUT2D eigenvalue weighted by molar-refractivity contribution is 0.0993. The summed E-state index contributed by atoms with van der Waals surface area (Å²) < 4.78 is 10.4. The summed E-state index contributed by atoms with van der Waals surface area (Å²) in [5, 5.41) is 0. The Morgan fingerprint density at radius 3 is 2.05 bits per heavy atom. The summed E-state index contributed by atoms with van der Waals surface area (Å²) in [7, 11) is 3.19. The molecule has 2 aromatic carbocycles. The van der Waals surface area contributed by atoms with Crippen molar-refractivity contribution in [3.63, 3.8) is 0 Å². The number of carbonyl (C=O) groups excluding carboxylic acids is 1. The van der Waals surface area contributed by atoms with Crippen molar-refractivity contribution in [1.29, 1.82) is 0 Å². The third kappa shape index (κ3) is 3.35. The van der Waals surface area contributed by atoms with Gasteiger partial charge in [-0.1, -0.05) is 30.3 Å². The van der Waals surface area contributed by atoms with E-state index in [0.717, 1.165) is 5.56 Å². The smallest absolute Gasteiger partial charge is 0.167 e. The van der Waals surface area contributed by atoms with Crippen molar-refractivity contribution in [3.8, 4) is 11.5 Å². The highest BCUT2D eigenvalue weighted by molar-refractivity contribution is 5.97. The first-order valence-electron chi connectivity index (χ1n) is 6.03. The SMILES string of the molecule is COc1cc(CC(=O)c2ccccc2)cc(OC)c1. The van der Waals surface area contributed by atoms with E-state index in [2.05, 4.69) is 0 Å². The zero-order valence-corrected chi connectivity index (χ0v) is 11.1. The van der Waals surface area contributed by atoms with Gasteiger partial charge < -0.3 is 9.47 Å². The van der Waals surface area contributed by atoms with Gasteiger partial charge in [-0.2, -0.15) is 0 Å². The van der Waals surface area contributed by atoms with Gasteiger partial charge in [-0.05, 0) is 17.7 Å². The van der Waals surface area contributed by atoms with Crippen LogP contribution in [-0.4, -0.2) is 20.0 Å². The number of hydrogen-bond acceptors (Lipinski definition) is 3. The topological polar surface area (TPSA) is 35.5 Å². The van der Waals surface area contributed by atoms with Crippen LogP contribution in [0.25, 0.3) is 0 Å². The van der Waals surface area contributed by atoms with E-state index in [1.54, 1.807) is 20.3 Å². The van der Waals surface area contributed by atoms with Gasteiger partial charge in [-0.3, -0.25) is 4.79 Å². The Bertz CT molecular complexity index is 539. The number of methoxy groups -OCH3 is 2. The van der Waals surface area contributed by atoms with Crippen LogP contribution in [0.4, 0.5) is 0 Å². The van der Waals surface area contributed by atoms with E-state index in [1.807, 2.05) is 42.5 Å². The molecule has 0 aliphatic rings. The molecule has 0 fully saturated rings. The number of benzene rings is 2. The molecule has 0 unspecified atom stereocenters. The summed E-state index contributed by atoms with van der Waals surface area (Å²) in [5.41, 5.74) is 1.59. The Balaban J connectivity index is 2.21. The van der Waals surface area contributed by atoms with Crippen LogP contribution in [0.1, 0.15) is 15.9 Å². The number of carbonyl (C=O) groups is 1. The Labute approximate surface area is 112 Å². The standard InChI is InChI=1S/C16H16O3/c1-18-14-8-12(9-15(11-14)19-2)10-16(17)13-6-4-3-5-7-13/h3-9,11H,10H2,1-2H3. The third-order valence-corrected chi connectivity index (χ3v) is 2.87. The zero-order valence-electron chi connectivity index (χ0n) is 11.1. The van der Waals surface area contributed by atoms with Crippen molar-refractivity contribution in [3.05, 3.63) is 59.7 Å². The number of hydrogen-bond donors (Lipinski definition) is 0. The summed E-state index contributed by atoms with van der Waals surface area (Å²) in [6.45, 7) is 0. The lowest BCUT2D eigenvalue weighted by Crippen LogP contribution is -2.03. The largest absolute Gasteiger partial charge is 0.497 e. The normalized spacial score (nSPS) is 10.0. The zero-order chi connectivity index (χ0) is 13.7. The highest BCUT2D eigenvalue weighted by Gasteiger charge is 2.09. The molecule has 98 valence electrons. The van der Waals surface area contributed by atoms with Crippen LogP contribution in [0, 0.1) is 0 Å². The van der Waals surface area contributed by atoms with Crippen molar-refractivity contribution < 1.29 is 14.3 Å². The summed E-state index contributed by atoms with van der Waals surface area (Å²) in [4.78, 5) is 12.1. The van der Waals surface area contributed by atoms with E-state index in [0.29, 0.717) is 23.5 Å². The molecule has 19 heavy (non-hydrogen) atoms. The molecule has 3 nitrogen and oxygen atoms in total. The van der Waals surface area contributed by atoms with E-state index in [-0.39, 0.29) is 5.78 Å². The predicted octanol–water partition coefficient (Wildman–Crippen LogP) is 3.13. The quantitative estimate of drug-likeness (QED) is 0.771. The molecule has 0 aliphatic carbocycles. The molecular weight excluding hydrogens is 240 g/mol. The first-order chi connectivity index (χ1) is 9.22.